The van der Waals surface area contributed by atoms with E-state index in [0.717, 1.165) is 10.5 Å². The molecule has 2 amide bonds. The quantitative estimate of drug-likeness (QED) is 0.444. The maximum Gasteiger partial charge on any atom is 0.249 e. The van der Waals surface area contributed by atoms with Crippen molar-refractivity contribution in [3.63, 3.8) is 0 Å². The van der Waals surface area contributed by atoms with Crippen LogP contribution in [0.15, 0.2) is 63.6 Å². The van der Waals surface area contributed by atoms with E-state index in [1.165, 1.54) is 35.3 Å². The van der Waals surface area contributed by atoms with Gasteiger partial charge in [-0.25, -0.2) is 4.57 Å². The fourth-order valence-electron chi connectivity index (χ4n) is 3.52. The smallest absolute Gasteiger partial charge is 0.249 e. The summed E-state index contributed by atoms with van der Waals surface area (Å²) in [6, 6.07) is 10.9. The van der Waals surface area contributed by atoms with Gasteiger partial charge in [0.25, 0.3) is 0 Å². The number of pyridine rings is 1. The number of primary amides is 1. The Balaban J connectivity index is 1.47. The lowest BCUT2D eigenvalue weighted by Crippen LogP contribution is -2.61. The van der Waals surface area contributed by atoms with Gasteiger partial charge in [-0.1, -0.05) is 35.7 Å². The standard InChI is InChI=1S/C21H19N3O5S2/c1-11(25)15-18(27)24-16(20(28)29)21(31-19(15)24)30-14-4-2-12(3-5-14)10-23-8-6-13(7-9-23)17(22)26/h2-9,11,15,19,25H,10H2,1H3,(H2-,22,26,28,29)/t11-,15+,19-/m1/s1. The predicted molar refractivity (Wildman–Crippen MR) is 112 cm³/mol. The van der Waals surface area contributed by atoms with Gasteiger partial charge in [0.05, 0.1) is 33.5 Å². The highest BCUT2D eigenvalue weighted by atomic mass is 32.2. The molecule has 1 aromatic heterocycles. The third-order valence-electron chi connectivity index (χ3n) is 5.13. The number of aliphatic carboxylic acids is 1. The summed E-state index contributed by atoms with van der Waals surface area (Å²) in [6.45, 7) is 2.12. The second-order valence-corrected chi connectivity index (χ2v) is 9.75. The summed E-state index contributed by atoms with van der Waals surface area (Å²) in [5.74, 6) is -2.88. The molecule has 0 aliphatic carbocycles. The lowest BCUT2D eigenvalue weighted by atomic mass is 9.92. The molecule has 0 radical (unpaired) electrons. The maximum atomic E-state index is 12.3. The first-order chi connectivity index (χ1) is 14.8. The minimum atomic E-state index is -1.40. The Bertz CT molecular complexity index is 1080. The maximum absolute atomic E-state index is 12.3. The molecular formula is C21H19N3O5S2. The van der Waals surface area contributed by atoms with Crippen molar-refractivity contribution in [2.75, 3.05) is 0 Å². The minimum Gasteiger partial charge on any atom is -0.543 e. The lowest BCUT2D eigenvalue weighted by Gasteiger charge is -2.44. The van der Waals surface area contributed by atoms with Crippen LogP contribution in [0.4, 0.5) is 0 Å². The Morgan fingerprint density at radius 3 is 2.45 bits per heavy atom. The molecule has 3 atom stereocenters. The zero-order valence-electron chi connectivity index (χ0n) is 16.4. The van der Waals surface area contributed by atoms with Crippen LogP contribution < -0.4 is 15.4 Å². The van der Waals surface area contributed by atoms with E-state index >= 15 is 0 Å². The number of aliphatic hydroxyl groups is 1. The van der Waals surface area contributed by atoms with Gasteiger partial charge in [-0.2, -0.15) is 0 Å². The molecule has 160 valence electrons. The molecule has 0 saturated carbocycles. The van der Waals surface area contributed by atoms with Crippen LogP contribution in [0.1, 0.15) is 22.8 Å². The van der Waals surface area contributed by atoms with Crippen molar-refractivity contribution in [3.8, 4) is 0 Å². The third-order valence-corrected chi connectivity index (χ3v) is 7.71. The van der Waals surface area contributed by atoms with Crippen LogP contribution in [0.2, 0.25) is 0 Å². The molecule has 31 heavy (non-hydrogen) atoms. The number of carboxylic acid groups (broad SMARTS) is 1. The van der Waals surface area contributed by atoms with Crippen LogP contribution in [0.5, 0.6) is 0 Å². The number of nitrogens with zero attached hydrogens (tertiary/aromatic N) is 2. The van der Waals surface area contributed by atoms with Crippen molar-refractivity contribution < 1.29 is 29.2 Å². The molecule has 2 aromatic rings. The van der Waals surface area contributed by atoms with E-state index in [0.29, 0.717) is 16.3 Å². The fourth-order valence-corrected chi connectivity index (χ4v) is 6.38. The Kier molecular flexibility index (Phi) is 5.78. The topological polar surface area (TPSA) is 128 Å². The second kappa shape index (κ2) is 8.37. The normalized spacial score (nSPS) is 21.0. The van der Waals surface area contributed by atoms with Gasteiger partial charge in [0, 0.05) is 22.6 Å². The summed E-state index contributed by atoms with van der Waals surface area (Å²) in [6.07, 6.45) is 2.70. The van der Waals surface area contributed by atoms with Crippen molar-refractivity contribution in [1.29, 1.82) is 0 Å². The van der Waals surface area contributed by atoms with Crippen molar-refractivity contribution in [2.24, 2.45) is 11.7 Å². The van der Waals surface area contributed by atoms with E-state index in [2.05, 4.69) is 0 Å². The monoisotopic (exact) mass is 457 g/mol. The van der Waals surface area contributed by atoms with E-state index in [-0.39, 0.29) is 5.70 Å². The first-order valence-corrected chi connectivity index (χ1v) is 11.1. The molecule has 2 aliphatic rings. The average molecular weight is 458 g/mol. The lowest BCUT2D eigenvalue weighted by molar-refractivity contribution is -0.688. The molecule has 1 aromatic carbocycles. The summed E-state index contributed by atoms with van der Waals surface area (Å²) < 4.78 is 2.39. The Hall–Kier alpha value is -2.82. The van der Waals surface area contributed by atoms with Crippen LogP contribution in [0, 0.1) is 5.92 Å². The van der Waals surface area contributed by atoms with Crippen LogP contribution in [-0.4, -0.2) is 39.3 Å². The highest BCUT2D eigenvalue weighted by Gasteiger charge is 2.56. The zero-order chi connectivity index (χ0) is 22.3. The van der Waals surface area contributed by atoms with Crippen LogP contribution >= 0.6 is 23.5 Å². The van der Waals surface area contributed by atoms with E-state index in [4.69, 9.17) is 5.73 Å². The summed E-state index contributed by atoms with van der Waals surface area (Å²) >= 11 is 2.53. The number of rotatable bonds is 7. The minimum absolute atomic E-state index is 0.129. The second-order valence-electron chi connectivity index (χ2n) is 7.28. The van der Waals surface area contributed by atoms with Crippen LogP contribution in [0.3, 0.4) is 0 Å². The molecule has 1 fully saturated rings. The highest BCUT2D eigenvalue weighted by molar-refractivity contribution is 8.22. The van der Waals surface area contributed by atoms with Gasteiger partial charge in [-0.05, 0) is 19.1 Å². The van der Waals surface area contributed by atoms with Crippen molar-refractivity contribution in [1.82, 2.24) is 4.90 Å². The van der Waals surface area contributed by atoms with Gasteiger partial charge < -0.3 is 20.7 Å². The number of amides is 2. The summed E-state index contributed by atoms with van der Waals surface area (Å²) in [5.41, 5.74) is 6.58. The molecule has 4 rings (SSSR count). The van der Waals surface area contributed by atoms with Gasteiger partial charge in [0.1, 0.15) is 5.37 Å². The van der Waals surface area contributed by atoms with E-state index in [1.807, 2.05) is 28.8 Å². The molecule has 0 spiro atoms. The number of thioether (sulfide) groups is 2. The third kappa shape index (κ3) is 4.06. The number of fused-ring (bicyclic) bond motifs is 1. The number of hydrogen-bond acceptors (Lipinski definition) is 7. The first kappa shape index (κ1) is 21.4. The van der Waals surface area contributed by atoms with Gasteiger partial charge in [-0.15, -0.1) is 0 Å². The van der Waals surface area contributed by atoms with Crippen molar-refractivity contribution in [3.05, 3.63) is 69.9 Å². The number of benzene rings is 1. The molecule has 3 N–H and O–H groups in total. The fraction of sp³-hybridized carbons (Fsp3) is 0.238. The summed E-state index contributed by atoms with van der Waals surface area (Å²) in [4.78, 5) is 37.1. The number of nitrogens with two attached hydrogens (primary N) is 1. The highest BCUT2D eigenvalue weighted by Crippen LogP contribution is 2.54. The van der Waals surface area contributed by atoms with E-state index in [1.54, 1.807) is 24.5 Å². The molecular weight excluding hydrogens is 438 g/mol. The van der Waals surface area contributed by atoms with Gasteiger partial charge >= 0.3 is 0 Å². The largest absolute Gasteiger partial charge is 0.543 e. The Labute approximate surface area is 186 Å². The number of carbonyl (C=O) groups excluding carboxylic acids is 3. The molecule has 10 heteroatoms. The molecule has 0 unspecified atom stereocenters. The van der Waals surface area contributed by atoms with E-state index < -0.39 is 35.2 Å². The number of β-lactam (4-membered cyclic amide) rings is 1. The number of hydrogen-bond donors (Lipinski definition) is 2. The Morgan fingerprint density at radius 2 is 1.90 bits per heavy atom. The number of aliphatic hydroxyl groups excluding tert-OH is 1. The number of aromatic nitrogens is 1. The molecule has 0 bridgehead atoms. The van der Waals surface area contributed by atoms with Crippen LogP contribution in [-0.2, 0) is 16.1 Å². The number of carbonyl (C=O) groups is 3. The molecule has 3 heterocycles. The number of carboxylic acids is 1. The van der Waals surface area contributed by atoms with Gasteiger partial charge in [-0.3, -0.25) is 14.5 Å². The summed E-state index contributed by atoms with van der Waals surface area (Å²) in [5, 5.41) is 21.0. The molecule has 8 nitrogen and oxygen atoms in total. The Morgan fingerprint density at radius 1 is 1.26 bits per heavy atom. The molecule has 1 saturated heterocycles. The molecule has 2 aliphatic heterocycles. The van der Waals surface area contributed by atoms with E-state index in [9.17, 15) is 24.6 Å². The first-order valence-electron chi connectivity index (χ1n) is 9.45. The van der Waals surface area contributed by atoms with Crippen molar-refractivity contribution >= 4 is 41.3 Å². The average Bonchev–Trinajstić information content (AvgIpc) is 3.03. The zero-order valence-corrected chi connectivity index (χ0v) is 18.1. The van der Waals surface area contributed by atoms with Gasteiger partial charge in [0.2, 0.25) is 11.8 Å². The summed E-state index contributed by atoms with van der Waals surface area (Å²) in [7, 11) is 0. The van der Waals surface area contributed by atoms with Crippen molar-refractivity contribution in [2.45, 2.75) is 29.8 Å². The van der Waals surface area contributed by atoms with Gasteiger partial charge in [0.15, 0.2) is 18.9 Å². The van der Waals surface area contributed by atoms with Crippen LogP contribution in [0.25, 0.3) is 0 Å². The predicted octanol–water partition coefficient (Wildman–Crippen LogP) is 0.0445. The SMILES string of the molecule is C[C@@H](O)[C@H]1C(=O)N2C(C(=O)[O-])=C(Sc3ccc(C[n+]4ccc(C(N)=O)cc4)cc3)S[C@H]12.